The average molecular weight is 444 g/mol. The highest BCUT2D eigenvalue weighted by Gasteiger charge is 2.37. The molecule has 1 aliphatic rings. The molecule has 0 saturated carbocycles. The maximum absolute atomic E-state index is 12.5. The van der Waals surface area contributed by atoms with E-state index in [9.17, 15) is 14.4 Å². The summed E-state index contributed by atoms with van der Waals surface area (Å²) in [6, 6.07) is 3.39. The van der Waals surface area contributed by atoms with Crippen LogP contribution >= 0.6 is 27.7 Å². The van der Waals surface area contributed by atoms with Crippen molar-refractivity contribution in [1.82, 2.24) is 4.90 Å². The second-order valence-corrected chi connectivity index (χ2v) is 7.38. The summed E-state index contributed by atoms with van der Waals surface area (Å²) in [5.41, 5.74) is 0.637. The van der Waals surface area contributed by atoms with Crippen LogP contribution in [0.4, 0.5) is 4.79 Å². The quantitative estimate of drug-likeness (QED) is 0.491. The van der Waals surface area contributed by atoms with Crippen molar-refractivity contribution < 1.29 is 28.6 Å². The van der Waals surface area contributed by atoms with Gasteiger partial charge in [0.1, 0.15) is 6.54 Å². The maximum atomic E-state index is 12.5. The molecule has 1 saturated heterocycles. The van der Waals surface area contributed by atoms with Crippen molar-refractivity contribution in [1.29, 1.82) is 0 Å². The summed E-state index contributed by atoms with van der Waals surface area (Å²) >= 11 is 4.17. The van der Waals surface area contributed by atoms with Crippen molar-refractivity contribution >= 4 is 50.9 Å². The van der Waals surface area contributed by atoms with Crippen LogP contribution in [0.25, 0.3) is 6.08 Å². The van der Waals surface area contributed by atoms with Crippen LogP contribution in [0.1, 0.15) is 19.4 Å². The number of ether oxygens (including phenoxy) is 3. The van der Waals surface area contributed by atoms with Crippen LogP contribution in [0.3, 0.4) is 0 Å². The van der Waals surface area contributed by atoms with Gasteiger partial charge in [-0.25, -0.2) is 0 Å². The van der Waals surface area contributed by atoms with Gasteiger partial charge in [-0.1, -0.05) is 15.9 Å². The highest BCUT2D eigenvalue weighted by molar-refractivity contribution is 9.10. The van der Waals surface area contributed by atoms with E-state index in [4.69, 9.17) is 14.2 Å². The molecule has 0 atom stereocenters. The lowest BCUT2D eigenvalue weighted by atomic mass is 10.2. The molecule has 0 aromatic heterocycles. The molecule has 7 nitrogen and oxygen atoms in total. The van der Waals surface area contributed by atoms with Crippen LogP contribution in [0.5, 0.6) is 11.5 Å². The molecular weight excluding hydrogens is 426 g/mol. The van der Waals surface area contributed by atoms with Crippen LogP contribution < -0.4 is 9.47 Å². The zero-order valence-corrected chi connectivity index (χ0v) is 17.1. The fraction of sp³-hybridized carbons (Fsp3) is 0.353. The van der Waals surface area contributed by atoms with E-state index in [1.165, 1.54) is 14.2 Å². The Morgan fingerprint density at radius 1 is 1.23 bits per heavy atom. The Morgan fingerprint density at radius 3 is 2.42 bits per heavy atom. The lowest BCUT2D eigenvalue weighted by molar-refractivity contribution is -0.149. The Balaban J connectivity index is 2.26. The summed E-state index contributed by atoms with van der Waals surface area (Å²) in [7, 11) is 3.02. The summed E-state index contributed by atoms with van der Waals surface area (Å²) in [5, 5.41) is -0.515. The van der Waals surface area contributed by atoms with Crippen LogP contribution in [-0.4, -0.2) is 48.9 Å². The molecule has 0 bridgehead atoms. The molecule has 0 aliphatic carbocycles. The van der Waals surface area contributed by atoms with E-state index >= 15 is 0 Å². The molecule has 2 amide bonds. The molecule has 26 heavy (non-hydrogen) atoms. The highest BCUT2D eigenvalue weighted by Crippen LogP contribution is 2.37. The van der Waals surface area contributed by atoms with Gasteiger partial charge in [-0.05, 0) is 49.4 Å². The van der Waals surface area contributed by atoms with E-state index in [-0.39, 0.29) is 11.0 Å². The number of carbonyl (C=O) groups excluding carboxylic acids is 3. The molecule has 2 rings (SSSR count). The van der Waals surface area contributed by atoms with E-state index < -0.39 is 23.7 Å². The van der Waals surface area contributed by atoms with Crippen molar-refractivity contribution in [2.75, 3.05) is 20.8 Å². The summed E-state index contributed by atoms with van der Waals surface area (Å²) in [5.74, 6) is -0.152. The van der Waals surface area contributed by atoms with Gasteiger partial charge < -0.3 is 14.2 Å². The Bertz CT molecular complexity index is 777. The SMILES string of the molecule is COc1cc(Br)c(/C=C2/SC(=O)N(CC(=O)OC(C)C)C2=O)cc1OC. The Kier molecular flexibility index (Phi) is 6.71. The Morgan fingerprint density at radius 2 is 1.85 bits per heavy atom. The van der Waals surface area contributed by atoms with Gasteiger partial charge in [0.15, 0.2) is 11.5 Å². The molecule has 1 heterocycles. The van der Waals surface area contributed by atoms with Crippen LogP contribution in [-0.2, 0) is 14.3 Å². The number of halogens is 1. The Hall–Kier alpha value is -2.00. The molecule has 1 aromatic carbocycles. The van der Waals surface area contributed by atoms with Gasteiger partial charge in [0.2, 0.25) is 0 Å². The van der Waals surface area contributed by atoms with Gasteiger partial charge in [-0.3, -0.25) is 19.3 Å². The molecule has 1 aromatic rings. The topological polar surface area (TPSA) is 82.1 Å². The second kappa shape index (κ2) is 8.59. The minimum atomic E-state index is -0.629. The van der Waals surface area contributed by atoms with Crippen molar-refractivity contribution in [3.8, 4) is 11.5 Å². The van der Waals surface area contributed by atoms with Crippen LogP contribution in [0.15, 0.2) is 21.5 Å². The summed E-state index contributed by atoms with van der Waals surface area (Å²) in [4.78, 5) is 37.4. The predicted octanol–water partition coefficient (Wildman–Crippen LogP) is 3.45. The van der Waals surface area contributed by atoms with E-state index in [1.54, 1.807) is 32.1 Å². The van der Waals surface area contributed by atoms with Gasteiger partial charge in [-0.2, -0.15) is 0 Å². The molecule has 0 spiro atoms. The number of imide groups is 1. The smallest absolute Gasteiger partial charge is 0.326 e. The van der Waals surface area contributed by atoms with Crippen LogP contribution in [0.2, 0.25) is 0 Å². The normalized spacial score (nSPS) is 15.8. The molecule has 1 fully saturated rings. The summed E-state index contributed by atoms with van der Waals surface area (Å²) in [6.07, 6.45) is 1.24. The van der Waals surface area contributed by atoms with E-state index in [1.807, 2.05) is 0 Å². The molecule has 0 N–H and O–H groups in total. The van der Waals surface area contributed by atoms with E-state index in [0.29, 0.717) is 21.5 Å². The van der Waals surface area contributed by atoms with Gasteiger partial charge >= 0.3 is 5.97 Å². The third kappa shape index (κ3) is 4.59. The van der Waals surface area contributed by atoms with Gasteiger partial charge in [0, 0.05) is 4.47 Å². The largest absolute Gasteiger partial charge is 0.493 e. The zero-order valence-electron chi connectivity index (χ0n) is 14.7. The molecular formula is C17H18BrNO6S. The molecule has 9 heteroatoms. The van der Waals surface area contributed by atoms with Crippen molar-refractivity contribution in [3.63, 3.8) is 0 Å². The van der Waals surface area contributed by atoms with E-state index in [0.717, 1.165) is 16.7 Å². The molecule has 0 unspecified atom stereocenters. The van der Waals surface area contributed by atoms with Crippen LogP contribution in [0, 0.1) is 0 Å². The van der Waals surface area contributed by atoms with E-state index in [2.05, 4.69) is 15.9 Å². The number of thioether (sulfide) groups is 1. The molecule has 140 valence electrons. The summed E-state index contributed by atoms with van der Waals surface area (Å²) < 4.78 is 16.1. The number of rotatable bonds is 6. The average Bonchev–Trinajstić information content (AvgIpc) is 2.83. The third-order valence-corrected chi connectivity index (χ3v) is 4.91. The van der Waals surface area contributed by atoms with Gasteiger partial charge in [0.05, 0.1) is 25.2 Å². The van der Waals surface area contributed by atoms with Crippen molar-refractivity contribution in [3.05, 3.63) is 27.1 Å². The monoisotopic (exact) mass is 443 g/mol. The first-order valence-corrected chi connectivity index (χ1v) is 9.24. The molecule has 1 aliphatic heterocycles. The van der Waals surface area contributed by atoms with Crippen molar-refractivity contribution in [2.24, 2.45) is 0 Å². The fourth-order valence-corrected chi connectivity index (χ4v) is 3.45. The number of carbonyl (C=O) groups is 3. The van der Waals surface area contributed by atoms with Gasteiger partial charge in [0.25, 0.3) is 11.1 Å². The number of hydrogen-bond donors (Lipinski definition) is 0. The maximum Gasteiger partial charge on any atom is 0.326 e. The summed E-state index contributed by atoms with van der Waals surface area (Å²) in [6.45, 7) is 2.98. The number of nitrogens with zero attached hydrogens (tertiary/aromatic N) is 1. The third-order valence-electron chi connectivity index (χ3n) is 3.32. The fourth-order valence-electron chi connectivity index (χ4n) is 2.19. The second-order valence-electron chi connectivity index (χ2n) is 5.54. The standard InChI is InChI=1S/C17H18BrNO6S/c1-9(2)25-15(20)8-19-16(21)14(26-17(19)22)6-10-5-12(23-3)13(24-4)7-11(10)18/h5-7,9H,8H2,1-4H3/b14-6+. The van der Waals surface area contributed by atoms with Crippen molar-refractivity contribution in [2.45, 2.75) is 20.0 Å². The first kappa shape index (κ1) is 20.3. The minimum Gasteiger partial charge on any atom is -0.493 e. The first-order chi connectivity index (χ1) is 12.3. The molecule has 0 radical (unpaired) electrons. The lowest BCUT2D eigenvalue weighted by Crippen LogP contribution is -2.35. The number of amides is 2. The number of methoxy groups -OCH3 is 2. The minimum absolute atomic E-state index is 0.209. The first-order valence-electron chi connectivity index (χ1n) is 7.63. The lowest BCUT2D eigenvalue weighted by Gasteiger charge is -2.13. The number of hydrogen-bond acceptors (Lipinski definition) is 7. The van der Waals surface area contributed by atoms with Gasteiger partial charge in [-0.15, -0.1) is 0 Å². The Labute approximate surface area is 163 Å². The number of benzene rings is 1. The predicted molar refractivity (Wildman–Crippen MR) is 101 cm³/mol. The highest BCUT2D eigenvalue weighted by atomic mass is 79.9. The number of esters is 1. The zero-order chi connectivity index (χ0) is 19.4.